The molecular weight excluding hydrogens is 160 g/mol. The molecule has 2 N–H and O–H groups in total. The molecule has 1 aliphatic heterocycles. The van der Waals surface area contributed by atoms with Crippen molar-refractivity contribution in [3.05, 3.63) is 12.7 Å². The summed E-state index contributed by atoms with van der Waals surface area (Å²) in [7, 11) is 0. The molecule has 70 valence electrons. The van der Waals surface area contributed by atoms with Gasteiger partial charge in [0.05, 0.1) is 19.3 Å². The zero-order chi connectivity index (χ0) is 8.97. The van der Waals surface area contributed by atoms with E-state index in [1.54, 1.807) is 6.08 Å². The first-order valence-electron chi connectivity index (χ1n) is 3.94. The van der Waals surface area contributed by atoms with Gasteiger partial charge in [0, 0.05) is 6.42 Å². The summed E-state index contributed by atoms with van der Waals surface area (Å²) >= 11 is 0. The molecule has 0 amide bonds. The van der Waals surface area contributed by atoms with Crippen LogP contribution in [0, 0.1) is 0 Å². The van der Waals surface area contributed by atoms with E-state index in [9.17, 15) is 5.11 Å². The maximum atomic E-state index is 9.27. The van der Waals surface area contributed by atoms with Crippen molar-refractivity contribution in [2.45, 2.75) is 24.9 Å². The summed E-state index contributed by atoms with van der Waals surface area (Å²) in [6.45, 7) is 3.71. The van der Waals surface area contributed by atoms with Gasteiger partial charge in [0.2, 0.25) is 0 Å². The second-order valence-corrected chi connectivity index (χ2v) is 2.71. The van der Waals surface area contributed by atoms with Crippen LogP contribution >= 0.6 is 0 Å². The fourth-order valence-corrected chi connectivity index (χ4v) is 1.14. The fourth-order valence-electron chi connectivity index (χ4n) is 1.14. The van der Waals surface area contributed by atoms with Crippen LogP contribution in [0.25, 0.3) is 0 Å². The van der Waals surface area contributed by atoms with Crippen LogP contribution in [0.1, 0.15) is 6.42 Å². The van der Waals surface area contributed by atoms with E-state index in [1.807, 2.05) is 0 Å². The monoisotopic (exact) mass is 174 g/mol. The lowest BCUT2D eigenvalue weighted by atomic mass is 10.2. The van der Waals surface area contributed by atoms with Crippen molar-refractivity contribution >= 4 is 0 Å². The number of ether oxygens (including phenoxy) is 2. The molecule has 3 atom stereocenters. The van der Waals surface area contributed by atoms with E-state index in [0.717, 1.165) is 0 Å². The first kappa shape index (κ1) is 9.67. The van der Waals surface area contributed by atoms with Crippen LogP contribution in [-0.2, 0) is 9.47 Å². The summed E-state index contributed by atoms with van der Waals surface area (Å²) in [4.78, 5) is 0. The van der Waals surface area contributed by atoms with E-state index >= 15 is 0 Å². The highest BCUT2D eigenvalue weighted by atomic mass is 16.7. The molecule has 1 saturated heterocycles. The topological polar surface area (TPSA) is 58.9 Å². The highest BCUT2D eigenvalue weighted by molar-refractivity contribution is 4.78. The molecule has 1 heterocycles. The second kappa shape index (κ2) is 4.57. The summed E-state index contributed by atoms with van der Waals surface area (Å²) < 4.78 is 10.3. The Morgan fingerprint density at radius 1 is 1.67 bits per heavy atom. The Morgan fingerprint density at radius 2 is 2.42 bits per heavy atom. The fraction of sp³-hybridized carbons (Fsp3) is 0.750. The van der Waals surface area contributed by atoms with E-state index in [1.165, 1.54) is 0 Å². The quantitative estimate of drug-likeness (QED) is 0.572. The van der Waals surface area contributed by atoms with Crippen LogP contribution in [0.2, 0.25) is 0 Å². The highest BCUT2D eigenvalue weighted by Crippen LogP contribution is 2.20. The van der Waals surface area contributed by atoms with Crippen molar-refractivity contribution in [1.82, 2.24) is 0 Å². The number of rotatable bonds is 4. The third-order valence-electron chi connectivity index (χ3n) is 1.77. The normalized spacial score (nSPS) is 35.3. The highest BCUT2D eigenvalue weighted by Gasteiger charge is 2.33. The number of hydrogen-bond acceptors (Lipinski definition) is 4. The van der Waals surface area contributed by atoms with Crippen molar-refractivity contribution in [2.24, 2.45) is 0 Å². The third kappa shape index (κ3) is 2.28. The molecule has 0 unspecified atom stereocenters. The first-order valence-corrected chi connectivity index (χ1v) is 3.94. The van der Waals surface area contributed by atoms with Crippen molar-refractivity contribution in [3.63, 3.8) is 0 Å². The lowest BCUT2D eigenvalue weighted by Gasteiger charge is -2.11. The van der Waals surface area contributed by atoms with Gasteiger partial charge >= 0.3 is 0 Å². The number of aliphatic hydroxyl groups excluding tert-OH is 2. The van der Waals surface area contributed by atoms with Crippen molar-refractivity contribution in [2.75, 3.05) is 13.2 Å². The van der Waals surface area contributed by atoms with Gasteiger partial charge in [-0.3, -0.25) is 0 Å². The summed E-state index contributed by atoms with van der Waals surface area (Å²) in [5, 5.41) is 18.0. The molecule has 1 aliphatic rings. The van der Waals surface area contributed by atoms with Gasteiger partial charge in [-0.05, 0) is 0 Å². The van der Waals surface area contributed by atoms with Crippen LogP contribution in [-0.4, -0.2) is 41.9 Å². The average Bonchev–Trinajstić information content (AvgIpc) is 2.43. The summed E-state index contributed by atoms with van der Waals surface area (Å²) in [6, 6.07) is 0. The Balaban J connectivity index is 2.27. The molecule has 12 heavy (non-hydrogen) atoms. The largest absolute Gasteiger partial charge is 0.394 e. The Bertz CT molecular complexity index is 148. The standard InChI is InChI=1S/C8H14O4/c1-2-3-11-8-4-6(10)7(5-9)12-8/h2,6-10H,1,3-5H2/t6-,7+,8-/m0/s1. The molecule has 0 aromatic rings. The maximum absolute atomic E-state index is 9.27. The van der Waals surface area contributed by atoms with Gasteiger partial charge in [0.25, 0.3) is 0 Å². The molecule has 1 rings (SSSR count). The molecule has 0 aliphatic carbocycles. The molecule has 4 nitrogen and oxygen atoms in total. The minimum absolute atomic E-state index is 0.172. The average molecular weight is 174 g/mol. The summed E-state index contributed by atoms with van der Waals surface area (Å²) in [5.74, 6) is 0. The van der Waals surface area contributed by atoms with Gasteiger partial charge in [-0.2, -0.15) is 0 Å². The molecule has 0 spiro atoms. The van der Waals surface area contributed by atoms with Gasteiger partial charge in [0.15, 0.2) is 6.29 Å². The van der Waals surface area contributed by atoms with Crippen LogP contribution in [0.15, 0.2) is 12.7 Å². The Labute approximate surface area is 71.4 Å². The SMILES string of the molecule is C=CCO[C@@H]1C[C@H](O)[C@@H](CO)O1. The molecule has 1 fully saturated rings. The van der Waals surface area contributed by atoms with Gasteiger partial charge in [-0.15, -0.1) is 6.58 Å². The minimum atomic E-state index is -0.621. The third-order valence-corrected chi connectivity index (χ3v) is 1.77. The van der Waals surface area contributed by atoms with Crippen LogP contribution in [0.4, 0.5) is 0 Å². The summed E-state index contributed by atoms with van der Waals surface area (Å²) in [6.07, 6.45) is 0.501. The smallest absolute Gasteiger partial charge is 0.161 e. The van der Waals surface area contributed by atoms with Crippen LogP contribution in [0.3, 0.4) is 0 Å². The molecular formula is C8H14O4. The molecule has 0 saturated carbocycles. The van der Waals surface area contributed by atoms with Gasteiger partial charge < -0.3 is 19.7 Å². The van der Waals surface area contributed by atoms with E-state index in [-0.39, 0.29) is 6.61 Å². The van der Waals surface area contributed by atoms with Gasteiger partial charge in [-0.25, -0.2) is 0 Å². The zero-order valence-corrected chi connectivity index (χ0v) is 6.85. The lowest BCUT2D eigenvalue weighted by Crippen LogP contribution is -2.24. The molecule has 0 aromatic carbocycles. The Morgan fingerprint density at radius 3 is 2.92 bits per heavy atom. The minimum Gasteiger partial charge on any atom is -0.394 e. The van der Waals surface area contributed by atoms with E-state index < -0.39 is 18.5 Å². The number of aliphatic hydroxyl groups is 2. The zero-order valence-electron chi connectivity index (χ0n) is 6.85. The molecule has 0 aromatic heterocycles. The number of hydrogen-bond donors (Lipinski definition) is 2. The molecule has 0 radical (unpaired) electrons. The predicted octanol–water partition coefficient (Wildman–Crippen LogP) is -0.343. The van der Waals surface area contributed by atoms with E-state index in [0.29, 0.717) is 13.0 Å². The second-order valence-electron chi connectivity index (χ2n) is 2.71. The van der Waals surface area contributed by atoms with Crippen molar-refractivity contribution < 1.29 is 19.7 Å². The predicted molar refractivity (Wildman–Crippen MR) is 42.5 cm³/mol. The molecule has 4 heteroatoms. The van der Waals surface area contributed by atoms with Gasteiger partial charge in [0.1, 0.15) is 6.10 Å². The van der Waals surface area contributed by atoms with E-state index in [2.05, 4.69) is 6.58 Å². The summed E-state index contributed by atoms with van der Waals surface area (Å²) in [5.41, 5.74) is 0. The van der Waals surface area contributed by atoms with Crippen molar-refractivity contribution in [1.29, 1.82) is 0 Å². The Kier molecular flexibility index (Phi) is 3.68. The first-order chi connectivity index (χ1) is 5.77. The van der Waals surface area contributed by atoms with Crippen molar-refractivity contribution in [3.8, 4) is 0 Å². The lowest BCUT2D eigenvalue weighted by molar-refractivity contribution is -0.136. The molecule has 0 bridgehead atoms. The van der Waals surface area contributed by atoms with E-state index in [4.69, 9.17) is 14.6 Å². The van der Waals surface area contributed by atoms with Crippen LogP contribution in [0.5, 0.6) is 0 Å². The van der Waals surface area contributed by atoms with Gasteiger partial charge in [-0.1, -0.05) is 6.08 Å². The van der Waals surface area contributed by atoms with Crippen LogP contribution < -0.4 is 0 Å². The maximum Gasteiger partial charge on any atom is 0.161 e. The Hall–Kier alpha value is -0.420.